The first-order valence-corrected chi connectivity index (χ1v) is 8.62. The van der Waals surface area contributed by atoms with Gasteiger partial charge in [0.05, 0.1) is 4.47 Å². The number of hydrogen-bond donors (Lipinski definition) is 1. The predicted octanol–water partition coefficient (Wildman–Crippen LogP) is 5.07. The summed E-state index contributed by atoms with van der Waals surface area (Å²) in [7, 11) is 0. The molecule has 0 amide bonds. The molecule has 0 saturated heterocycles. The van der Waals surface area contributed by atoms with E-state index in [1.165, 1.54) is 32.1 Å². The minimum atomic E-state index is 0.364. The molecule has 1 fully saturated rings. The largest absolute Gasteiger partial charge is 0.506 e. The van der Waals surface area contributed by atoms with Crippen LogP contribution >= 0.6 is 31.9 Å². The monoisotopic (exact) mass is 389 g/mol. The summed E-state index contributed by atoms with van der Waals surface area (Å²) in [4.78, 5) is 2.49. The number of hydrogen-bond acceptors (Lipinski definition) is 2. The minimum absolute atomic E-state index is 0.364. The van der Waals surface area contributed by atoms with Gasteiger partial charge in [-0.05, 0) is 57.3 Å². The average Bonchev–Trinajstić information content (AvgIpc) is 2.45. The van der Waals surface area contributed by atoms with Gasteiger partial charge in [0.15, 0.2) is 0 Å². The minimum Gasteiger partial charge on any atom is -0.506 e. The van der Waals surface area contributed by atoms with Crippen molar-refractivity contribution >= 4 is 31.9 Å². The van der Waals surface area contributed by atoms with Crippen molar-refractivity contribution in [2.75, 3.05) is 6.54 Å². The van der Waals surface area contributed by atoms with Crippen molar-refractivity contribution in [2.45, 2.75) is 51.6 Å². The van der Waals surface area contributed by atoms with E-state index >= 15 is 0 Å². The van der Waals surface area contributed by atoms with Crippen LogP contribution in [-0.2, 0) is 6.54 Å². The van der Waals surface area contributed by atoms with Crippen LogP contribution in [0, 0.1) is 0 Å². The summed E-state index contributed by atoms with van der Waals surface area (Å²) in [6, 6.07) is 4.68. The smallest absolute Gasteiger partial charge is 0.135 e. The highest BCUT2D eigenvalue weighted by Gasteiger charge is 2.21. The van der Waals surface area contributed by atoms with Gasteiger partial charge in [0.25, 0.3) is 0 Å². The molecule has 2 rings (SSSR count). The van der Waals surface area contributed by atoms with E-state index in [-0.39, 0.29) is 0 Å². The Labute approximate surface area is 132 Å². The fourth-order valence-corrected chi connectivity index (χ4v) is 3.58. The van der Waals surface area contributed by atoms with Gasteiger partial charge in [-0.15, -0.1) is 0 Å². The van der Waals surface area contributed by atoms with Crippen molar-refractivity contribution in [1.29, 1.82) is 0 Å². The molecule has 106 valence electrons. The van der Waals surface area contributed by atoms with Gasteiger partial charge >= 0.3 is 0 Å². The van der Waals surface area contributed by atoms with Crippen LogP contribution in [0.3, 0.4) is 0 Å². The number of rotatable bonds is 4. The Hall–Kier alpha value is -0.0600. The number of phenolic OH excluding ortho intramolecular Hbond substituents is 1. The maximum atomic E-state index is 10.2. The molecule has 0 aromatic heterocycles. The molecule has 1 aliphatic carbocycles. The third kappa shape index (κ3) is 3.73. The molecular weight excluding hydrogens is 370 g/mol. The molecule has 0 atom stereocenters. The molecule has 1 saturated carbocycles. The van der Waals surface area contributed by atoms with Gasteiger partial charge in [-0.1, -0.05) is 32.3 Å². The molecule has 0 radical (unpaired) electrons. The predicted molar refractivity (Wildman–Crippen MR) is 86.5 cm³/mol. The number of benzene rings is 1. The molecule has 0 aliphatic heterocycles. The highest BCUT2D eigenvalue weighted by Crippen LogP contribution is 2.36. The molecule has 0 heterocycles. The Bertz CT molecular complexity index is 430. The fourth-order valence-electron chi connectivity index (χ4n) is 2.87. The van der Waals surface area contributed by atoms with Crippen molar-refractivity contribution < 1.29 is 5.11 Å². The normalized spacial score (nSPS) is 17.1. The van der Waals surface area contributed by atoms with Crippen molar-refractivity contribution in [1.82, 2.24) is 4.90 Å². The van der Waals surface area contributed by atoms with Crippen LogP contribution in [0.25, 0.3) is 0 Å². The Morgan fingerprint density at radius 2 is 1.89 bits per heavy atom. The third-order valence-corrected chi connectivity index (χ3v) is 6.02. The molecule has 0 unspecified atom stereocenters. The van der Waals surface area contributed by atoms with Crippen molar-refractivity contribution in [2.24, 2.45) is 0 Å². The van der Waals surface area contributed by atoms with E-state index in [0.717, 1.165) is 27.6 Å². The van der Waals surface area contributed by atoms with Gasteiger partial charge in [-0.2, -0.15) is 0 Å². The number of halogens is 2. The maximum Gasteiger partial charge on any atom is 0.135 e. The first-order chi connectivity index (χ1) is 9.13. The third-order valence-electron chi connectivity index (χ3n) is 4.02. The molecular formula is C15H21Br2NO. The Morgan fingerprint density at radius 3 is 2.53 bits per heavy atom. The molecule has 1 aromatic carbocycles. The lowest BCUT2D eigenvalue weighted by Crippen LogP contribution is -2.36. The van der Waals surface area contributed by atoms with Crippen LogP contribution < -0.4 is 0 Å². The average molecular weight is 391 g/mol. The second-order valence-corrected chi connectivity index (χ2v) is 6.87. The molecule has 4 heteroatoms. The highest BCUT2D eigenvalue weighted by atomic mass is 79.9. The maximum absolute atomic E-state index is 10.2. The zero-order valence-electron chi connectivity index (χ0n) is 11.3. The van der Waals surface area contributed by atoms with Crippen molar-refractivity contribution in [3.8, 4) is 5.75 Å². The zero-order chi connectivity index (χ0) is 13.8. The molecule has 1 N–H and O–H groups in total. The van der Waals surface area contributed by atoms with Gasteiger partial charge in [-0.25, -0.2) is 0 Å². The van der Waals surface area contributed by atoms with E-state index < -0.39 is 0 Å². The van der Waals surface area contributed by atoms with Crippen LogP contribution in [0.1, 0.15) is 44.6 Å². The summed E-state index contributed by atoms with van der Waals surface area (Å²) < 4.78 is 1.65. The van der Waals surface area contributed by atoms with Gasteiger partial charge in [0.2, 0.25) is 0 Å². The molecule has 0 bridgehead atoms. The standard InChI is InChI=1S/C15H21Br2NO/c1-2-18(12-6-4-3-5-7-12)10-11-8-9-13(16)14(17)15(11)19/h8-9,12,19H,2-7,10H2,1H3. The van der Waals surface area contributed by atoms with E-state index in [4.69, 9.17) is 0 Å². The van der Waals surface area contributed by atoms with Crippen molar-refractivity contribution in [3.63, 3.8) is 0 Å². The topological polar surface area (TPSA) is 23.5 Å². The molecule has 2 nitrogen and oxygen atoms in total. The second kappa shape index (κ2) is 7.09. The summed E-state index contributed by atoms with van der Waals surface area (Å²) in [6.45, 7) is 4.08. The Balaban J connectivity index is 2.11. The van der Waals surface area contributed by atoms with Gasteiger partial charge < -0.3 is 5.11 Å². The highest BCUT2D eigenvalue weighted by molar-refractivity contribution is 9.13. The lowest BCUT2D eigenvalue weighted by molar-refractivity contribution is 0.154. The van der Waals surface area contributed by atoms with Gasteiger partial charge in [0.1, 0.15) is 5.75 Å². The second-order valence-electron chi connectivity index (χ2n) is 5.22. The van der Waals surface area contributed by atoms with E-state index in [2.05, 4.69) is 43.7 Å². The van der Waals surface area contributed by atoms with E-state index in [0.29, 0.717) is 11.8 Å². The quantitative estimate of drug-likeness (QED) is 0.775. The summed E-state index contributed by atoms with van der Waals surface area (Å²) >= 11 is 6.84. The number of phenols is 1. The van der Waals surface area contributed by atoms with Gasteiger partial charge in [-0.3, -0.25) is 4.90 Å². The van der Waals surface area contributed by atoms with Crippen LogP contribution in [-0.4, -0.2) is 22.6 Å². The van der Waals surface area contributed by atoms with Crippen LogP contribution in [0.2, 0.25) is 0 Å². The summed E-state index contributed by atoms with van der Waals surface area (Å²) in [6.07, 6.45) is 6.66. The van der Waals surface area contributed by atoms with E-state index in [1.807, 2.05) is 12.1 Å². The Kier molecular flexibility index (Phi) is 5.72. The van der Waals surface area contributed by atoms with Gasteiger partial charge in [0, 0.05) is 22.6 Å². The molecule has 1 aliphatic rings. The molecule has 1 aromatic rings. The first-order valence-electron chi connectivity index (χ1n) is 7.03. The molecule has 19 heavy (non-hydrogen) atoms. The first kappa shape index (κ1) is 15.3. The number of nitrogens with zero attached hydrogens (tertiary/aromatic N) is 1. The Morgan fingerprint density at radius 1 is 1.21 bits per heavy atom. The van der Waals surface area contributed by atoms with Crippen LogP contribution in [0.15, 0.2) is 21.1 Å². The number of aromatic hydroxyl groups is 1. The summed E-state index contributed by atoms with van der Waals surface area (Å²) in [5.41, 5.74) is 1.00. The van der Waals surface area contributed by atoms with Crippen LogP contribution in [0.4, 0.5) is 0 Å². The fraction of sp³-hybridized carbons (Fsp3) is 0.600. The SMILES string of the molecule is CCN(Cc1ccc(Br)c(Br)c1O)C1CCCCC1. The lowest BCUT2D eigenvalue weighted by atomic mass is 9.94. The van der Waals surface area contributed by atoms with Crippen LogP contribution in [0.5, 0.6) is 5.75 Å². The van der Waals surface area contributed by atoms with E-state index in [9.17, 15) is 5.11 Å². The lowest BCUT2D eigenvalue weighted by Gasteiger charge is -2.33. The summed E-state index contributed by atoms with van der Waals surface area (Å²) in [5.74, 6) is 0.364. The molecule has 0 spiro atoms. The zero-order valence-corrected chi connectivity index (χ0v) is 14.5. The summed E-state index contributed by atoms with van der Waals surface area (Å²) in [5, 5.41) is 10.2. The van der Waals surface area contributed by atoms with E-state index in [1.54, 1.807) is 0 Å². The van der Waals surface area contributed by atoms with Crippen molar-refractivity contribution in [3.05, 3.63) is 26.6 Å².